The molecule has 1 heterocycles. The lowest BCUT2D eigenvalue weighted by Gasteiger charge is -2.10. The second-order valence-corrected chi connectivity index (χ2v) is 4.54. The SMILES string of the molecule is CCOC(=O)c1cc2cccc(Cl)c2nc1C(=O)OCC. The van der Waals surface area contributed by atoms with E-state index < -0.39 is 11.9 Å². The zero-order chi connectivity index (χ0) is 15.4. The first-order valence-electron chi connectivity index (χ1n) is 6.52. The molecule has 6 heteroatoms. The van der Waals surface area contributed by atoms with Crippen LogP contribution >= 0.6 is 11.6 Å². The highest BCUT2D eigenvalue weighted by atomic mass is 35.5. The summed E-state index contributed by atoms with van der Waals surface area (Å²) in [5, 5.41) is 1.05. The van der Waals surface area contributed by atoms with Crippen molar-refractivity contribution < 1.29 is 19.1 Å². The molecule has 0 saturated carbocycles. The van der Waals surface area contributed by atoms with E-state index in [1.165, 1.54) is 0 Å². The van der Waals surface area contributed by atoms with Crippen molar-refractivity contribution in [3.8, 4) is 0 Å². The fourth-order valence-electron chi connectivity index (χ4n) is 1.88. The van der Waals surface area contributed by atoms with Crippen molar-refractivity contribution in [2.24, 2.45) is 0 Å². The lowest BCUT2D eigenvalue weighted by atomic mass is 10.1. The van der Waals surface area contributed by atoms with Gasteiger partial charge >= 0.3 is 11.9 Å². The second-order valence-electron chi connectivity index (χ2n) is 4.14. The molecule has 0 saturated heterocycles. The van der Waals surface area contributed by atoms with Crippen LogP contribution in [0.2, 0.25) is 5.02 Å². The largest absolute Gasteiger partial charge is 0.462 e. The third-order valence-electron chi connectivity index (χ3n) is 2.76. The summed E-state index contributed by atoms with van der Waals surface area (Å²) in [7, 11) is 0. The number of esters is 2. The third kappa shape index (κ3) is 3.13. The van der Waals surface area contributed by atoms with Crippen LogP contribution in [0.1, 0.15) is 34.7 Å². The van der Waals surface area contributed by atoms with Crippen molar-refractivity contribution in [2.75, 3.05) is 13.2 Å². The number of para-hydroxylation sites is 1. The number of hydrogen-bond donors (Lipinski definition) is 0. The molecule has 0 spiro atoms. The summed E-state index contributed by atoms with van der Waals surface area (Å²) in [4.78, 5) is 28.2. The van der Waals surface area contributed by atoms with Gasteiger partial charge in [-0.15, -0.1) is 0 Å². The molecule has 1 aromatic carbocycles. The molecule has 0 fully saturated rings. The molecule has 0 amide bonds. The van der Waals surface area contributed by atoms with Crippen molar-refractivity contribution in [3.05, 3.63) is 40.5 Å². The topological polar surface area (TPSA) is 65.5 Å². The van der Waals surface area contributed by atoms with Gasteiger partial charge in [-0.05, 0) is 26.0 Å². The zero-order valence-electron chi connectivity index (χ0n) is 11.7. The highest BCUT2D eigenvalue weighted by molar-refractivity contribution is 6.35. The number of carbonyl (C=O) groups is 2. The Labute approximate surface area is 126 Å². The van der Waals surface area contributed by atoms with Crippen LogP contribution in [0.25, 0.3) is 10.9 Å². The Morgan fingerprint density at radius 2 is 1.81 bits per heavy atom. The van der Waals surface area contributed by atoms with Gasteiger partial charge in [-0.1, -0.05) is 23.7 Å². The van der Waals surface area contributed by atoms with E-state index in [9.17, 15) is 9.59 Å². The monoisotopic (exact) mass is 307 g/mol. The van der Waals surface area contributed by atoms with Gasteiger partial charge in [-0.25, -0.2) is 14.6 Å². The van der Waals surface area contributed by atoms with Crippen molar-refractivity contribution >= 4 is 34.4 Å². The summed E-state index contributed by atoms with van der Waals surface area (Å²) in [6.07, 6.45) is 0. The van der Waals surface area contributed by atoms with Gasteiger partial charge in [0.05, 0.1) is 29.3 Å². The van der Waals surface area contributed by atoms with E-state index >= 15 is 0 Å². The maximum absolute atomic E-state index is 12.0. The minimum absolute atomic E-state index is 0.0741. The van der Waals surface area contributed by atoms with Crippen molar-refractivity contribution in [1.82, 2.24) is 4.98 Å². The van der Waals surface area contributed by atoms with Crippen LogP contribution in [-0.4, -0.2) is 30.1 Å². The van der Waals surface area contributed by atoms with Crippen LogP contribution in [0, 0.1) is 0 Å². The molecule has 0 aliphatic rings. The lowest BCUT2D eigenvalue weighted by molar-refractivity contribution is 0.0474. The maximum Gasteiger partial charge on any atom is 0.357 e. The highest BCUT2D eigenvalue weighted by Gasteiger charge is 2.22. The van der Waals surface area contributed by atoms with Crippen LogP contribution in [0.3, 0.4) is 0 Å². The molecule has 0 unspecified atom stereocenters. The summed E-state index contributed by atoms with van der Waals surface area (Å²) in [5.41, 5.74) is 0.427. The van der Waals surface area contributed by atoms with Gasteiger partial charge in [0, 0.05) is 5.39 Å². The molecule has 0 aliphatic carbocycles. The van der Waals surface area contributed by atoms with Gasteiger partial charge in [0.15, 0.2) is 5.69 Å². The summed E-state index contributed by atoms with van der Waals surface area (Å²) < 4.78 is 9.89. The number of aromatic nitrogens is 1. The number of rotatable bonds is 4. The fraction of sp³-hybridized carbons (Fsp3) is 0.267. The fourth-order valence-corrected chi connectivity index (χ4v) is 2.11. The predicted molar refractivity (Wildman–Crippen MR) is 78.7 cm³/mol. The van der Waals surface area contributed by atoms with Gasteiger partial charge in [-0.3, -0.25) is 0 Å². The smallest absolute Gasteiger partial charge is 0.357 e. The number of pyridine rings is 1. The Morgan fingerprint density at radius 3 is 2.48 bits per heavy atom. The summed E-state index contributed by atoms with van der Waals surface area (Å²) in [6.45, 7) is 3.75. The molecule has 0 atom stereocenters. The number of ether oxygens (including phenoxy) is 2. The molecule has 2 aromatic rings. The Morgan fingerprint density at radius 1 is 1.14 bits per heavy atom. The molecule has 0 N–H and O–H groups in total. The average molecular weight is 308 g/mol. The number of benzene rings is 1. The standard InChI is InChI=1S/C15H14ClNO4/c1-3-20-14(18)10-8-9-6-5-7-11(16)12(9)17-13(10)15(19)21-4-2/h5-8H,3-4H2,1-2H3. The molecule has 0 radical (unpaired) electrons. The van der Waals surface area contributed by atoms with Crippen LogP contribution in [-0.2, 0) is 9.47 Å². The molecule has 5 nitrogen and oxygen atoms in total. The minimum Gasteiger partial charge on any atom is -0.462 e. The zero-order valence-corrected chi connectivity index (χ0v) is 12.4. The Kier molecular flexibility index (Phi) is 4.75. The summed E-state index contributed by atoms with van der Waals surface area (Å²) >= 11 is 6.07. The first kappa shape index (κ1) is 15.3. The number of nitrogens with zero attached hydrogens (tertiary/aromatic N) is 1. The van der Waals surface area contributed by atoms with E-state index in [0.29, 0.717) is 15.9 Å². The van der Waals surface area contributed by atoms with Crippen LogP contribution in [0.5, 0.6) is 0 Å². The third-order valence-corrected chi connectivity index (χ3v) is 3.07. The molecule has 0 bridgehead atoms. The molecule has 2 rings (SSSR count). The van der Waals surface area contributed by atoms with Crippen LogP contribution in [0.4, 0.5) is 0 Å². The quantitative estimate of drug-likeness (QED) is 0.811. The molecule has 21 heavy (non-hydrogen) atoms. The average Bonchev–Trinajstić information content (AvgIpc) is 2.47. The second kappa shape index (κ2) is 6.54. The van der Waals surface area contributed by atoms with E-state index in [0.717, 1.165) is 0 Å². The number of fused-ring (bicyclic) bond motifs is 1. The van der Waals surface area contributed by atoms with E-state index in [2.05, 4.69) is 4.98 Å². The Hall–Kier alpha value is -2.14. The van der Waals surface area contributed by atoms with Crippen LogP contribution < -0.4 is 0 Å². The van der Waals surface area contributed by atoms with Gasteiger partial charge in [0.1, 0.15) is 0 Å². The molecular formula is C15H14ClNO4. The van der Waals surface area contributed by atoms with E-state index in [1.807, 2.05) is 0 Å². The highest BCUT2D eigenvalue weighted by Crippen LogP contribution is 2.24. The maximum atomic E-state index is 12.0. The molecule has 0 aliphatic heterocycles. The minimum atomic E-state index is -0.678. The van der Waals surface area contributed by atoms with Crippen molar-refractivity contribution in [2.45, 2.75) is 13.8 Å². The van der Waals surface area contributed by atoms with Crippen LogP contribution in [0.15, 0.2) is 24.3 Å². The number of hydrogen-bond acceptors (Lipinski definition) is 5. The molecule has 110 valence electrons. The summed E-state index contributed by atoms with van der Waals surface area (Å²) in [5.74, 6) is -1.29. The first-order valence-corrected chi connectivity index (χ1v) is 6.89. The van der Waals surface area contributed by atoms with E-state index in [4.69, 9.17) is 21.1 Å². The van der Waals surface area contributed by atoms with E-state index in [1.54, 1.807) is 38.1 Å². The molecule has 1 aromatic heterocycles. The van der Waals surface area contributed by atoms with Gasteiger partial charge in [0.2, 0.25) is 0 Å². The first-order chi connectivity index (χ1) is 10.1. The number of halogens is 1. The normalized spacial score (nSPS) is 10.4. The Balaban J connectivity index is 2.65. The lowest BCUT2D eigenvalue weighted by Crippen LogP contribution is -2.16. The number of carbonyl (C=O) groups excluding carboxylic acids is 2. The van der Waals surface area contributed by atoms with Gasteiger partial charge in [-0.2, -0.15) is 0 Å². The Bertz CT molecular complexity index is 699. The molecular weight excluding hydrogens is 294 g/mol. The van der Waals surface area contributed by atoms with Gasteiger partial charge in [0.25, 0.3) is 0 Å². The van der Waals surface area contributed by atoms with Crippen molar-refractivity contribution in [1.29, 1.82) is 0 Å². The van der Waals surface area contributed by atoms with Gasteiger partial charge < -0.3 is 9.47 Å². The summed E-state index contributed by atoms with van der Waals surface area (Å²) in [6, 6.07) is 6.70. The predicted octanol–water partition coefficient (Wildman–Crippen LogP) is 3.24. The van der Waals surface area contributed by atoms with Crippen molar-refractivity contribution in [3.63, 3.8) is 0 Å². The van der Waals surface area contributed by atoms with E-state index in [-0.39, 0.29) is 24.5 Å².